The van der Waals surface area contributed by atoms with Crippen LogP contribution < -0.4 is 11.1 Å². The average molecular weight is 274 g/mol. The van der Waals surface area contributed by atoms with Gasteiger partial charge in [0, 0.05) is 34.5 Å². The number of pyridine rings is 1. The second-order valence-electron chi connectivity index (χ2n) is 4.86. The van der Waals surface area contributed by atoms with E-state index in [1.165, 1.54) is 0 Å². The summed E-state index contributed by atoms with van der Waals surface area (Å²) in [5.41, 5.74) is 9.96. The average Bonchev–Trinajstić information content (AvgIpc) is 2.51. The van der Waals surface area contributed by atoms with E-state index in [-0.39, 0.29) is 0 Å². The van der Waals surface area contributed by atoms with Crippen molar-refractivity contribution in [2.45, 2.75) is 6.92 Å². The summed E-state index contributed by atoms with van der Waals surface area (Å²) in [7, 11) is 0. The Morgan fingerprint density at radius 1 is 1.10 bits per heavy atom. The molecule has 0 radical (unpaired) electrons. The van der Waals surface area contributed by atoms with Crippen LogP contribution in [0.1, 0.15) is 11.1 Å². The zero-order valence-corrected chi connectivity index (χ0v) is 11.6. The molecule has 0 fully saturated rings. The van der Waals surface area contributed by atoms with Gasteiger partial charge in [-0.05, 0) is 36.8 Å². The maximum absolute atomic E-state index is 9.31. The van der Waals surface area contributed by atoms with E-state index in [0.29, 0.717) is 11.3 Å². The lowest BCUT2D eigenvalue weighted by Gasteiger charge is -2.13. The molecule has 1 heterocycles. The van der Waals surface area contributed by atoms with Gasteiger partial charge in [0.15, 0.2) is 0 Å². The first kappa shape index (κ1) is 12.9. The largest absolute Gasteiger partial charge is 0.398 e. The molecule has 3 rings (SSSR count). The monoisotopic (exact) mass is 274 g/mol. The van der Waals surface area contributed by atoms with Gasteiger partial charge in [0.1, 0.15) is 6.07 Å². The number of nitrogens with one attached hydrogen (secondary N) is 1. The van der Waals surface area contributed by atoms with Crippen molar-refractivity contribution in [1.82, 2.24) is 4.98 Å². The molecule has 0 saturated carbocycles. The predicted molar refractivity (Wildman–Crippen MR) is 85.3 cm³/mol. The molecule has 3 N–H and O–H groups in total. The summed E-state index contributed by atoms with van der Waals surface area (Å²) in [5.74, 6) is 0. The molecular weight excluding hydrogens is 260 g/mol. The molecule has 0 saturated heterocycles. The first-order valence-electron chi connectivity index (χ1n) is 6.59. The molecule has 102 valence electrons. The third-order valence-electron chi connectivity index (χ3n) is 3.51. The van der Waals surface area contributed by atoms with Crippen LogP contribution in [-0.2, 0) is 0 Å². The van der Waals surface area contributed by atoms with Gasteiger partial charge < -0.3 is 11.1 Å². The van der Waals surface area contributed by atoms with Crippen molar-refractivity contribution in [3.05, 3.63) is 59.9 Å². The van der Waals surface area contributed by atoms with Crippen molar-refractivity contribution in [2.75, 3.05) is 11.1 Å². The van der Waals surface area contributed by atoms with E-state index in [9.17, 15) is 5.26 Å². The van der Waals surface area contributed by atoms with Crippen LogP contribution >= 0.6 is 0 Å². The van der Waals surface area contributed by atoms with Gasteiger partial charge in [-0.25, -0.2) is 0 Å². The standard InChI is InChI=1S/C17H14N4/c1-11-3-2-4-16(13(11)9-18)21-17-6-5-15(19)14-10-20-8-7-12(14)17/h2-8,10,21H,19H2,1H3. The molecule has 4 nitrogen and oxygen atoms in total. The number of nitrogen functional groups attached to an aromatic ring is 1. The molecule has 2 aromatic carbocycles. The van der Waals surface area contributed by atoms with Crippen LogP contribution in [0.5, 0.6) is 0 Å². The summed E-state index contributed by atoms with van der Waals surface area (Å²) in [5, 5.41) is 14.5. The fourth-order valence-electron chi connectivity index (χ4n) is 2.39. The van der Waals surface area contributed by atoms with Gasteiger partial charge in [-0.1, -0.05) is 12.1 Å². The molecule has 0 aliphatic rings. The van der Waals surface area contributed by atoms with E-state index in [1.807, 2.05) is 43.3 Å². The topological polar surface area (TPSA) is 74.7 Å². The van der Waals surface area contributed by atoms with E-state index < -0.39 is 0 Å². The van der Waals surface area contributed by atoms with Crippen LogP contribution in [0.4, 0.5) is 17.1 Å². The predicted octanol–water partition coefficient (Wildman–Crippen LogP) is 3.74. The Morgan fingerprint density at radius 3 is 2.76 bits per heavy atom. The van der Waals surface area contributed by atoms with Crippen LogP contribution in [0, 0.1) is 18.3 Å². The summed E-state index contributed by atoms with van der Waals surface area (Å²) in [6.45, 7) is 1.93. The van der Waals surface area contributed by atoms with E-state index >= 15 is 0 Å². The quantitative estimate of drug-likeness (QED) is 0.698. The summed E-state index contributed by atoms with van der Waals surface area (Å²) < 4.78 is 0. The van der Waals surface area contributed by atoms with Gasteiger partial charge in [-0.15, -0.1) is 0 Å². The second-order valence-corrected chi connectivity index (χ2v) is 4.86. The Bertz CT molecular complexity index is 862. The van der Waals surface area contributed by atoms with Crippen molar-refractivity contribution in [1.29, 1.82) is 5.26 Å². The zero-order valence-electron chi connectivity index (χ0n) is 11.6. The highest BCUT2D eigenvalue weighted by molar-refractivity contribution is 6.01. The first-order chi connectivity index (χ1) is 10.2. The minimum absolute atomic E-state index is 0.650. The zero-order chi connectivity index (χ0) is 14.8. The number of hydrogen-bond donors (Lipinski definition) is 2. The lowest BCUT2D eigenvalue weighted by Crippen LogP contribution is -1.97. The van der Waals surface area contributed by atoms with E-state index in [4.69, 9.17) is 5.73 Å². The highest BCUT2D eigenvalue weighted by Gasteiger charge is 2.08. The molecular formula is C17H14N4. The van der Waals surface area contributed by atoms with Gasteiger partial charge >= 0.3 is 0 Å². The lowest BCUT2D eigenvalue weighted by molar-refractivity contribution is 1.36. The third-order valence-corrected chi connectivity index (χ3v) is 3.51. The first-order valence-corrected chi connectivity index (χ1v) is 6.59. The summed E-state index contributed by atoms with van der Waals surface area (Å²) in [6.07, 6.45) is 3.48. The van der Waals surface area contributed by atoms with Gasteiger partial charge in [0.2, 0.25) is 0 Å². The number of aromatic nitrogens is 1. The molecule has 0 aliphatic carbocycles. The second kappa shape index (κ2) is 5.14. The molecule has 0 spiro atoms. The Morgan fingerprint density at radius 2 is 1.95 bits per heavy atom. The molecule has 21 heavy (non-hydrogen) atoms. The molecule has 0 aliphatic heterocycles. The van der Waals surface area contributed by atoms with Gasteiger partial charge in [-0.3, -0.25) is 4.98 Å². The Labute approximate surface area is 122 Å². The molecule has 0 unspecified atom stereocenters. The minimum atomic E-state index is 0.650. The molecule has 0 atom stereocenters. The van der Waals surface area contributed by atoms with Crippen molar-refractivity contribution in [2.24, 2.45) is 0 Å². The highest BCUT2D eigenvalue weighted by atomic mass is 14.9. The maximum Gasteiger partial charge on any atom is 0.102 e. The summed E-state index contributed by atoms with van der Waals surface area (Å²) in [6, 6.07) is 13.7. The van der Waals surface area contributed by atoms with Crippen molar-refractivity contribution in [3.63, 3.8) is 0 Å². The fraction of sp³-hybridized carbons (Fsp3) is 0.0588. The van der Waals surface area contributed by atoms with Crippen LogP contribution in [0.2, 0.25) is 0 Å². The van der Waals surface area contributed by atoms with Crippen molar-refractivity contribution >= 4 is 27.8 Å². The number of rotatable bonds is 2. The summed E-state index contributed by atoms with van der Waals surface area (Å²) in [4.78, 5) is 4.11. The third kappa shape index (κ3) is 2.26. The number of benzene rings is 2. The highest BCUT2D eigenvalue weighted by Crippen LogP contribution is 2.31. The van der Waals surface area contributed by atoms with Crippen LogP contribution in [-0.4, -0.2) is 4.98 Å². The Hall–Kier alpha value is -3.06. The summed E-state index contributed by atoms with van der Waals surface area (Å²) >= 11 is 0. The molecule has 4 heteroatoms. The van der Waals surface area contributed by atoms with Gasteiger partial charge in [0.25, 0.3) is 0 Å². The van der Waals surface area contributed by atoms with Crippen molar-refractivity contribution in [3.8, 4) is 6.07 Å². The fourth-order valence-corrected chi connectivity index (χ4v) is 2.39. The van der Waals surface area contributed by atoms with Crippen LogP contribution in [0.25, 0.3) is 10.8 Å². The minimum Gasteiger partial charge on any atom is -0.398 e. The normalized spacial score (nSPS) is 10.3. The van der Waals surface area contributed by atoms with E-state index in [1.54, 1.807) is 12.4 Å². The Kier molecular flexibility index (Phi) is 3.17. The van der Waals surface area contributed by atoms with Crippen LogP contribution in [0.3, 0.4) is 0 Å². The SMILES string of the molecule is Cc1cccc(Nc2ccc(N)c3cnccc23)c1C#N. The molecule has 0 bridgehead atoms. The van der Waals surface area contributed by atoms with Crippen LogP contribution in [0.15, 0.2) is 48.8 Å². The number of fused-ring (bicyclic) bond motifs is 1. The molecule has 3 aromatic rings. The van der Waals surface area contributed by atoms with Gasteiger partial charge in [-0.2, -0.15) is 5.26 Å². The number of nitriles is 1. The van der Waals surface area contributed by atoms with Crippen molar-refractivity contribution < 1.29 is 0 Å². The van der Waals surface area contributed by atoms with Gasteiger partial charge in [0.05, 0.1) is 11.3 Å². The molecule has 0 amide bonds. The lowest BCUT2D eigenvalue weighted by atomic mass is 10.1. The molecule has 1 aromatic heterocycles. The van der Waals surface area contributed by atoms with E-state index in [2.05, 4.69) is 16.4 Å². The maximum atomic E-state index is 9.31. The Balaban J connectivity index is 2.14. The number of hydrogen-bond acceptors (Lipinski definition) is 4. The smallest absolute Gasteiger partial charge is 0.102 e. The van der Waals surface area contributed by atoms with E-state index in [0.717, 1.165) is 27.7 Å². The number of nitrogens with two attached hydrogens (primary N) is 1. The number of aryl methyl sites for hydroxylation is 1. The number of anilines is 3. The number of nitrogens with zero attached hydrogens (tertiary/aromatic N) is 2.